The molecule has 1 fully saturated rings. The summed E-state index contributed by atoms with van der Waals surface area (Å²) in [6.07, 6.45) is 12.0. The minimum atomic E-state index is 0.287. The highest BCUT2D eigenvalue weighted by Crippen LogP contribution is 2.40. The SMILES string of the molecule is C#CC(NCCC)C1(C)CCCC1. The molecule has 13 heavy (non-hydrogen) atoms. The van der Waals surface area contributed by atoms with Crippen LogP contribution in [0.2, 0.25) is 0 Å². The van der Waals surface area contributed by atoms with Gasteiger partial charge in [-0.3, -0.25) is 0 Å². The summed E-state index contributed by atoms with van der Waals surface area (Å²) in [5.41, 5.74) is 0.365. The van der Waals surface area contributed by atoms with E-state index < -0.39 is 0 Å². The molecule has 1 rings (SSSR count). The molecule has 0 aromatic rings. The molecule has 1 atom stereocenters. The fourth-order valence-corrected chi connectivity index (χ4v) is 2.27. The highest BCUT2D eigenvalue weighted by Gasteiger charge is 2.35. The molecule has 1 aliphatic rings. The van der Waals surface area contributed by atoms with Crippen LogP contribution in [0.5, 0.6) is 0 Å². The second-order valence-electron chi connectivity index (χ2n) is 4.41. The summed E-state index contributed by atoms with van der Waals surface area (Å²) in [6, 6.07) is 0.287. The van der Waals surface area contributed by atoms with Crippen molar-refractivity contribution in [2.24, 2.45) is 5.41 Å². The van der Waals surface area contributed by atoms with Gasteiger partial charge in [-0.1, -0.05) is 32.6 Å². The lowest BCUT2D eigenvalue weighted by Crippen LogP contribution is -2.41. The van der Waals surface area contributed by atoms with Crippen molar-refractivity contribution in [2.45, 2.75) is 52.0 Å². The third-order valence-corrected chi connectivity index (χ3v) is 3.21. The minimum absolute atomic E-state index is 0.287. The Balaban J connectivity index is 2.50. The molecule has 0 radical (unpaired) electrons. The first-order valence-corrected chi connectivity index (χ1v) is 5.42. The van der Waals surface area contributed by atoms with Crippen LogP contribution in [-0.2, 0) is 0 Å². The lowest BCUT2D eigenvalue weighted by molar-refractivity contribution is 0.267. The van der Waals surface area contributed by atoms with E-state index in [1.165, 1.54) is 25.7 Å². The van der Waals surface area contributed by atoms with Crippen LogP contribution in [0, 0.1) is 17.8 Å². The van der Waals surface area contributed by atoms with Crippen LogP contribution < -0.4 is 5.32 Å². The lowest BCUT2D eigenvalue weighted by atomic mass is 9.81. The van der Waals surface area contributed by atoms with E-state index in [-0.39, 0.29) is 6.04 Å². The van der Waals surface area contributed by atoms with Crippen LogP contribution >= 0.6 is 0 Å². The molecule has 0 heterocycles. The molecule has 0 amide bonds. The number of hydrogen-bond donors (Lipinski definition) is 1. The highest BCUT2D eigenvalue weighted by molar-refractivity contribution is 5.08. The summed E-state index contributed by atoms with van der Waals surface area (Å²) in [5, 5.41) is 3.47. The first-order chi connectivity index (χ1) is 6.23. The van der Waals surface area contributed by atoms with Crippen LogP contribution in [0.4, 0.5) is 0 Å². The standard InChI is InChI=1S/C12H21N/c1-4-10-13-11(5-2)12(3)8-6-7-9-12/h2,11,13H,4,6-10H2,1,3H3. The van der Waals surface area contributed by atoms with Gasteiger partial charge < -0.3 is 5.32 Å². The molecule has 74 valence electrons. The first-order valence-electron chi connectivity index (χ1n) is 5.42. The maximum absolute atomic E-state index is 5.57. The monoisotopic (exact) mass is 179 g/mol. The summed E-state index contributed by atoms with van der Waals surface area (Å²) in [7, 11) is 0. The zero-order chi connectivity index (χ0) is 9.73. The van der Waals surface area contributed by atoms with E-state index in [9.17, 15) is 0 Å². The van der Waals surface area contributed by atoms with Crippen LogP contribution in [0.15, 0.2) is 0 Å². The van der Waals surface area contributed by atoms with E-state index in [1.54, 1.807) is 0 Å². The molecule has 0 aliphatic heterocycles. The smallest absolute Gasteiger partial charge is 0.0741 e. The quantitative estimate of drug-likeness (QED) is 0.654. The maximum atomic E-state index is 5.57. The number of terminal acetylenes is 1. The Labute approximate surface area is 82.3 Å². The molecule has 0 spiro atoms. The van der Waals surface area contributed by atoms with Gasteiger partial charge in [-0.2, -0.15) is 0 Å². The predicted octanol–water partition coefficient (Wildman–Crippen LogP) is 2.57. The number of hydrogen-bond acceptors (Lipinski definition) is 1. The normalized spacial score (nSPS) is 22.5. The van der Waals surface area contributed by atoms with Crippen LogP contribution in [0.1, 0.15) is 46.0 Å². The molecule has 1 aliphatic carbocycles. The summed E-state index contributed by atoms with van der Waals surface area (Å²) in [4.78, 5) is 0. The summed E-state index contributed by atoms with van der Waals surface area (Å²) < 4.78 is 0. The van der Waals surface area contributed by atoms with Gasteiger partial charge in [0.1, 0.15) is 0 Å². The van der Waals surface area contributed by atoms with Crippen molar-refractivity contribution in [3.63, 3.8) is 0 Å². The van der Waals surface area contributed by atoms with Gasteiger partial charge >= 0.3 is 0 Å². The van der Waals surface area contributed by atoms with E-state index in [1.807, 2.05) is 0 Å². The fourth-order valence-electron chi connectivity index (χ4n) is 2.27. The summed E-state index contributed by atoms with van der Waals surface area (Å²) in [6.45, 7) is 5.55. The van der Waals surface area contributed by atoms with Crippen molar-refractivity contribution in [1.82, 2.24) is 5.32 Å². The van der Waals surface area contributed by atoms with Gasteiger partial charge in [-0.05, 0) is 31.2 Å². The molecule has 1 nitrogen and oxygen atoms in total. The largest absolute Gasteiger partial charge is 0.303 e. The Kier molecular flexibility index (Phi) is 3.81. The molecule has 0 aromatic carbocycles. The second kappa shape index (κ2) is 4.67. The number of rotatable bonds is 4. The van der Waals surface area contributed by atoms with Gasteiger partial charge in [-0.15, -0.1) is 6.42 Å². The van der Waals surface area contributed by atoms with Crippen molar-refractivity contribution >= 4 is 0 Å². The molecule has 0 saturated heterocycles. The van der Waals surface area contributed by atoms with Gasteiger partial charge in [0.15, 0.2) is 0 Å². The van der Waals surface area contributed by atoms with Crippen molar-refractivity contribution in [3.05, 3.63) is 0 Å². The molecule has 0 aromatic heterocycles. The van der Waals surface area contributed by atoms with Crippen LogP contribution in [-0.4, -0.2) is 12.6 Å². The topological polar surface area (TPSA) is 12.0 Å². The first kappa shape index (κ1) is 10.6. The highest BCUT2D eigenvalue weighted by atomic mass is 14.9. The molecule has 1 unspecified atom stereocenters. The van der Waals surface area contributed by atoms with Gasteiger partial charge in [0, 0.05) is 0 Å². The van der Waals surface area contributed by atoms with Crippen molar-refractivity contribution in [1.29, 1.82) is 0 Å². The summed E-state index contributed by atoms with van der Waals surface area (Å²) >= 11 is 0. The van der Waals surface area contributed by atoms with E-state index in [0.717, 1.165) is 13.0 Å². The predicted molar refractivity (Wildman–Crippen MR) is 57.5 cm³/mol. The summed E-state index contributed by atoms with van der Waals surface area (Å²) in [5.74, 6) is 2.91. The van der Waals surface area contributed by atoms with Crippen molar-refractivity contribution in [2.75, 3.05) is 6.54 Å². The Hall–Kier alpha value is -0.480. The van der Waals surface area contributed by atoms with Gasteiger partial charge in [-0.25, -0.2) is 0 Å². The van der Waals surface area contributed by atoms with Gasteiger partial charge in [0.05, 0.1) is 6.04 Å². The Bertz CT molecular complexity index is 184. The third kappa shape index (κ3) is 2.48. The van der Waals surface area contributed by atoms with Crippen LogP contribution in [0.25, 0.3) is 0 Å². The maximum Gasteiger partial charge on any atom is 0.0741 e. The zero-order valence-corrected chi connectivity index (χ0v) is 8.90. The molecule has 1 heteroatoms. The molecular weight excluding hydrogens is 158 g/mol. The van der Waals surface area contributed by atoms with E-state index in [4.69, 9.17) is 6.42 Å². The molecule has 1 saturated carbocycles. The average Bonchev–Trinajstić information content (AvgIpc) is 2.54. The second-order valence-corrected chi connectivity index (χ2v) is 4.41. The van der Waals surface area contributed by atoms with E-state index in [2.05, 4.69) is 25.1 Å². The lowest BCUT2D eigenvalue weighted by Gasteiger charge is -2.31. The Morgan fingerprint density at radius 3 is 2.54 bits per heavy atom. The van der Waals surface area contributed by atoms with Crippen LogP contribution in [0.3, 0.4) is 0 Å². The van der Waals surface area contributed by atoms with Gasteiger partial charge in [0.25, 0.3) is 0 Å². The fraction of sp³-hybridized carbons (Fsp3) is 0.833. The van der Waals surface area contributed by atoms with Gasteiger partial charge in [0.2, 0.25) is 0 Å². The van der Waals surface area contributed by atoms with Crippen molar-refractivity contribution in [3.8, 4) is 12.3 Å². The number of nitrogens with one attached hydrogen (secondary N) is 1. The van der Waals surface area contributed by atoms with Crippen molar-refractivity contribution < 1.29 is 0 Å². The Morgan fingerprint density at radius 1 is 1.46 bits per heavy atom. The average molecular weight is 179 g/mol. The zero-order valence-electron chi connectivity index (χ0n) is 8.90. The molecular formula is C12H21N. The van der Waals surface area contributed by atoms with E-state index >= 15 is 0 Å². The minimum Gasteiger partial charge on any atom is -0.303 e. The third-order valence-electron chi connectivity index (χ3n) is 3.21. The molecule has 0 bridgehead atoms. The van der Waals surface area contributed by atoms with E-state index in [0.29, 0.717) is 5.41 Å². The Morgan fingerprint density at radius 2 is 2.08 bits per heavy atom. The molecule has 1 N–H and O–H groups in total.